The predicted octanol–water partition coefficient (Wildman–Crippen LogP) is 3.24. The van der Waals surface area contributed by atoms with Gasteiger partial charge in [-0.2, -0.15) is 0 Å². The van der Waals surface area contributed by atoms with Gasteiger partial charge in [0.25, 0.3) is 15.7 Å². The monoisotopic (exact) mass is 417 g/mol. The third-order valence-corrected chi connectivity index (χ3v) is 6.71. The van der Waals surface area contributed by atoms with Crippen molar-refractivity contribution in [3.05, 3.63) is 64.7 Å². The molecule has 0 saturated heterocycles. The molecule has 0 atom stereocenters. The minimum absolute atomic E-state index is 0.0111. The fraction of sp³-hybridized carbons (Fsp3) is 0.350. The molecule has 1 aliphatic rings. The van der Waals surface area contributed by atoms with Crippen LogP contribution >= 0.6 is 0 Å². The summed E-state index contributed by atoms with van der Waals surface area (Å²) in [6, 6.07) is 13.0. The number of anilines is 1. The number of nitro groups is 1. The van der Waals surface area contributed by atoms with Crippen LogP contribution in [0.4, 0.5) is 11.4 Å². The van der Waals surface area contributed by atoms with Crippen LogP contribution in [0.3, 0.4) is 0 Å². The number of non-ortho nitro benzene ring substituents is 1. The maximum Gasteiger partial charge on any atom is 0.271 e. The van der Waals surface area contributed by atoms with E-state index in [0.717, 1.165) is 42.5 Å². The van der Waals surface area contributed by atoms with Crippen molar-refractivity contribution in [1.82, 2.24) is 5.32 Å². The molecule has 1 amide bonds. The van der Waals surface area contributed by atoms with Gasteiger partial charge in [-0.25, -0.2) is 8.42 Å². The van der Waals surface area contributed by atoms with Gasteiger partial charge in [0, 0.05) is 18.2 Å². The summed E-state index contributed by atoms with van der Waals surface area (Å²) in [6.45, 7) is -0.450. The first kappa shape index (κ1) is 20.8. The molecular weight excluding hydrogens is 394 g/mol. The average molecular weight is 417 g/mol. The number of hydrogen-bond acceptors (Lipinski definition) is 5. The standard InChI is InChI=1S/C20H23N3O5S/c24-20(21-16-8-3-1-4-9-16)15-22(17-10-7-11-18(14-17)23(25)26)29(27,28)19-12-5-2-6-13-19/h2,5-7,10-14,16H,1,3-4,8-9,15H2,(H,21,24). The number of amides is 1. The molecule has 1 N–H and O–H groups in total. The van der Waals surface area contributed by atoms with Crippen molar-refractivity contribution < 1.29 is 18.1 Å². The first-order valence-electron chi connectivity index (χ1n) is 9.49. The first-order chi connectivity index (χ1) is 13.9. The summed E-state index contributed by atoms with van der Waals surface area (Å²) in [7, 11) is -4.08. The first-order valence-corrected chi connectivity index (χ1v) is 10.9. The molecule has 0 heterocycles. The Bertz CT molecular complexity index is 973. The molecule has 0 unspecified atom stereocenters. The van der Waals surface area contributed by atoms with Crippen LogP contribution in [0.25, 0.3) is 0 Å². The summed E-state index contributed by atoms with van der Waals surface area (Å²) in [4.78, 5) is 23.2. The van der Waals surface area contributed by atoms with Crippen LogP contribution in [-0.2, 0) is 14.8 Å². The third kappa shape index (κ3) is 5.11. The van der Waals surface area contributed by atoms with Gasteiger partial charge in [-0.1, -0.05) is 43.5 Å². The number of carbonyl (C=O) groups excluding carboxylic acids is 1. The molecule has 1 fully saturated rings. The maximum absolute atomic E-state index is 13.2. The summed E-state index contributed by atoms with van der Waals surface area (Å²) in [5.74, 6) is -0.428. The van der Waals surface area contributed by atoms with E-state index in [1.807, 2.05) is 0 Å². The van der Waals surface area contributed by atoms with E-state index in [9.17, 15) is 23.3 Å². The van der Waals surface area contributed by atoms with Crippen LogP contribution in [0.15, 0.2) is 59.5 Å². The van der Waals surface area contributed by atoms with Gasteiger partial charge in [0.1, 0.15) is 6.54 Å². The van der Waals surface area contributed by atoms with E-state index in [1.54, 1.807) is 18.2 Å². The largest absolute Gasteiger partial charge is 0.352 e. The third-order valence-electron chi connectivity index (χ3n) is 4.92. The molecule has 9 heteroatoms. The Kier molecular flexibility index (Phi) is 6.48. The van der Waals surface area contributed by atoms with Gasteiger partial charge in [0.2, 0.25) is 5.91 Å². The Morgan fingerprint density at radius 3 is 2.41 bits per heavy atom. The second-order valence-corrected chi connectivity index (χ2v) is 8.87. The Balaban J connectivity index is 1.92. The highest BCUT2D eigenvalue weighted by atomic mass is 32.2. The molecule has 2 aromatic rings. The van der Waals surface area contributed by atoms with Crippen LogP contribution in [0, 0.1) is 10.1 Å². The lowest BCUT2D eigenvalue weighted by Crippen LogP contribution is -2.44. The smallest absolute Gasteiger partial charge is 0.271 e. The number of hydrogen-bond donors (Lipinski definition) is 1. The lowest BCUT2D eigenvalue weighted by molar-refractivity contribution is -0.384. The lowest BCUT2D eigenvalue weighted by atomic mass is 9.95. The number of nitrogens with zero attached hydrogens (tertiary/aromatic N) is 2. The van der Waals surface area contributed by atoms with Crippen molar-refractivity contribution in [1.29, 1.82) is 0 Å². The number of benzene rings is 2. The fourth-order valence-corrected chi connectivity index (χ4v) is 4.88. The number of rotatable bonds is 7. The van der Waals surface area contributed by atoms with E-state index >= 15 is 0 Å². The molecule has 2 aromatic carbocycles. The summed E-state index contributed by atoms with van der Waals surface area (Å²) in [5.41, 5.74) is -0.176. The van der Waals surface area contributed by atoms with Gasteiger partial charge < -0.3 is 5.32 Å². The van der Waals surface area contributed by atoms with E-state index in [-0.39, 0.29) is 22.3 Å². The SMILES string of the molecule is O=C(CN(c1cccc([N+](=O)[O-])c1)S(=O)(=O)c1ccccc1)NC1CCCCC1. The average Bonchev–Trinajstić information content (AvgIpc) is 2.73. The zero-order valence-electron chi connectivity index (χ0n) is 15.9. The zero-order chi connectivity index (χ0) is 20.9. The number of carbonyl (C=O) groups is 1. The molecule has 0 aliphatic heterocycles. The highest BCUT2D eigenvalue weighted by Gasteiger charge is 2.29. The van der Waals surface area contributed by atoms with E-state index in [1.165, 1.54) is 30.3 Å². The van der Waals surface area contributed by atoms with Crippen molar-refractivity contribution in [2.24, 2.45) is 0 Å². The minimum Gasteiger partial charge on any atom is -0.352 e. The van der Waals surface area contributed by atoms with Gasteiger partial charge in [0.15, 0.2) is 0 Å². The molecule has 0 spiro atoms. The summed E-state index contributed by atoms with van der Waals surface area (Å²) < 4.78 is 27.4. The van der Waals surface area contributed by atoms with Crippen LogP contribution in [0.5, 0.6) is 0 Å². The topological polar surface area (TPSA) is 110 Å². The quantitative estimate of drug-likeness (QED) is 0.549. The Labute approximate surface area is 169 Å². The maximum atomic E-state index is 13.2. The normalized spacial score (nSPS) is 14.9. The van der Waals surface area contributed by atoms with Gasteiger partial charge in [-0.3, -0.25) is 19.2 Å². The molecule has 29 heavy (non-hydrogen) atoms. The Hall–Kier alpha value is -2.94. The zero-order valence-corrected chi connectivity index (χ0v) is 16.7. The number of nitro benzene ring substituents is 1. The Morgan fingerprint density at radius 2 is 1.76 bits per heavy atom. The summed E-state index contributed by atoms with van der Waals surface area (Å²) >= 11 is 0. The minimum atomic E-state index is -4.08. The van der Waals surface area contributed by atoms with Crippen LogP contribution < -0.4 is 9.62 Å². The number of sulfonamides is 1. The lowest BCUT2D eigenvalue weighted by Gasteiger charge is -2.27. The van der Waals surface area contributed by atoms with Crippen LogP contribution in [0.2, 0.25) is 0 Å². The van der Waals surface area contributed by atoms with E-state index in [0.29, 0.717) is 0 Å². The van der Waals surface area contributed by atoms with Crippen molar-refractivity contribution in [3.8, 4) is 0 Å². The molecule has 1 aliphatic carbocycles. The molecule has 0 bridgehead atoms. The fourth-order valence-electron chi connectivity index (χ4n) is 3.45. The molecule has 1 saturated carbocycles. The van der Waals surface area contributed by atoms with Crippen molar-refractivity contribution in [3.63, 3.8) is 0 Å². The molecule has 0 aromatic heterocycles. The van der Waals surface area contributed by atoms with E-state index in [4.69, 9.17) is 0 Å². The van der Waals surface area contributed by atoms with Crippen molar-refractivity contribution >= 4 is 27.3 Å². The van der Waals surface area contributed by atoms with Crippen LogP contribution in [-0.4, -0.2) is 31.8 Å². The predicted molar refractivity (Wildman–Crippen MR) is 109 cm³/mol. The number of nitrogens with one attached hydrogen (secondary N) is 1. The highest BCUT2D eigenvalue weighted by Crippen LogP contribution is 2.27. The molecular formula is C20H23N3O5S. The van der Waals surface area contributed by atoms with Crippen LogP contribution in [0.1, 0.15) is 32.1 Å². The Morgan fingerprint density at radius 1 is 1.07 bits per heavy atom. The highest BCUT2D eigenvalue weighted by molar-refractivity contribution is 7.92. The summed E-state index contributed by atoms with van der Waals surface area (Å²) in [5, 5.41) is 14.0. The van der Waals surface area contributed by atoms with E-state index < -0.39 is 27.4 Å². The second kappa shape index (κ2) is 9.04. The molecule has 3 rings (SSSR count). The second-order valence-electron chi connectivity index (χ2n) is 7.00. The molecule has 0 radical (unpaired) electrons. The van der Waals surface area contributed by atoms with E-state index in [2.05, 4.69) is 5.32 Å². The molecule has 154 valence electrons. The summed E-state index contributed by atoms with van der Waals surface area (Å²) in [6.07, 6.45) is 4.93. The van der Waals surface area contributed by atoms with Gasteiger partial charge in [-0.05, 0) is 31.0 Å². The van der Waals surface area contributed by atoms with Gasteiger partial charge >= 0.3 is 0 Å². The van der Waals surface area contributed by atoms with Gasteiger partial charge in [0.05, 0.1) is 15.5 Å². The van der Waals surface area contributed by atoms with Crippen molar-refractivity contribution in [2.75, 3.05) is 10.8 Å². The van der Waals surface area contributed by atoms with Crippen molar-refractivity contribution in [2.45, 2.75) is 43.0 Å². The van der Waals surface area contributed by atoms with Gasteiger partial charge in [-0.15, -0.1) is 0 Å². The molecule has 8 nitrogen and oxygen atoms in total.